The molecule has 4 aromatic carbocycles. The van der Waals surface area contributed by atoms with Crippen molar-refractivity contribution in [1.82, 2.24) is 4.90 Å². The molecular formula is C35H27ClN2O5. The number of nitrogens with zero attached hydrogens (tertiary/aromatic N) is 1. The number of ether oxygens (including phenoxy) is 2. The number of Topliss-reactive ketones (excluding diaryl/α,β-unsaturated/α-hetero) is 2. The highest BCUT2D eigenvalue weighted by Gasteiger charge is 2.70. The first kappa shape index (κ1) is 27.0. The number of anilines is 1. The van der Waals surface area contributed by atoms with Crippen LogP contribution in [0.3, 0.4) is 0 Å². The van der Waals surface area contributed by atoms with Crippen LogP contribution in [0.5, 0.6) is 11.5 Å². The highest BCUT2D eigenvalue weighted by Crippen LogP contribution is 2.62. The molecule has 0 bridgehead atoms. The minimum Gasteiger partial charge on any atom is -0.497 e. The van der Waals surface area contributed by atoms with Crippen LogP contribution < -0.4 is 14.8 Å². The number of halogens is 1. The van der Waals surface area contributed by atoms with Crippen molar-refractivity contribution in [2.75, 3.05) is 19.5 Å². The van der Waals surface area contributed by atoms with Gasteiger partial charge in [-0.3, -0.25) is 14.4 Å². The van der Waals surface area contributed by atoms with Crippen LogP contribution in [0.4, 0.5) is 5.69 Å². The standard InChI is InChI=1S/C35H27ClN2O5/c1-42-23-15-16-28(43-2)25(19-23)32(40)29-30(31(39)21-11-13-22(36)14-12-21)38-18-17-20-7-3-4-8-24(20)33(38)35(29)26-9-5-6-10-27(26)37-34(35)41/h3-19,29-30,33H,1-2H3,(H,37,41)/t29-,30+,33-,35-/m1/s1. The second kappa shape index (κ2) is 10.1. The molecule has 3 heterocycles. The molecule has 3 aliphatic heterocycles. The van der Waals surface area contributed by atoms with Gasteiger partial charge in [0.05, 0.1) is 31.7 Å². The first-order valence-electron chi connectivity index (χ1n) is 13.9. The summed E-state index contributed by atoms with van der Waals surface area (Å²) in [5.74, 6) is -1.38. The van der Waals surface area contributed by atoms with Gasteiger partial charge < -0.3 is 19.7 Å². The molecule has 8 heteroatoms. The number of nitrogens with one attached hydrogen (secondary N) is 1. The number of hydrogen-bond donors (Lipinski definition) is 1. The SMILES string of the molecule is COc1ccc(OC)c(C(=O)[C@H]2[C@@H](C(=O)c3ccc(Cl)cc3)N3C=Cc4ccccc4[C@@H]3[C@]23C(=O)Nc2ccccc23)c1. The summed E-state index contributed by atoms with van der Waals surface area (Å²) < 4.78 is 11.1. The molecule has 0 saturated carbocycles. The third kappa shape index (κ3) is 3.85. The molecule has 1 fully saturated rings. The van der Waals surface area contributed by atoms with Crippen LogP contribution in [0.2, 0.25) is 5.02 Å². The van der Waals surface area contributed by atoms with Gasteiger partial charge in [-0.25, -0.2) is 0 Å². The van der Waals surface area contributed by atoms with Crippen molar-refractivity contribution in [1.29, 1.82) is 0 Å². The maximum Gasteiger partial charge on any atom is 0.238 e. The Labute approximate surface area is 253 Å². The van der Waals surface area contributed by atoms with Gasteiger partial charge in [-0.05, 0) is 71.3 Å². The topological polar surface area (TPSA) is 84.9 Å². The predicted molar refractivity (Wildman–Crippen MR) is 164 cm³/mol. The average molecular weight is 591 g/mol. The van der Waals surface area contributed by atoms with Gasteiger partial charge in [0, 0.05) is 22.5 Å². The molecule has 1 amide bonds. The van der Waals surface area contributed by atoms with Crippen LogP contribution in [-0.2, 0) is 10.2 Å². The lowest BCUT2D eigenvalue weighted by molar-refractivity contribution is -0.122. The highest BCUT2D eigenvalue weighted by atomic mass is 35.5. The van der Waals surface area contributed by atoms with Crippen LogP contribution in [0, 0.1) is 5.92 Å². The van der Waals surface area contributed by atoms with E-state index in [1.165, 1.54) is 14.2 Å². The molecule has 0 aliphatic carbocycles. The van der Waals surface area contributed by atoms with Gasteiger partial charge in [-0.1, -0.05) is 54.1 Å². The van der Waals surface area contributed by atoms with Gasteiger partial charge in [-0.2, -0.15) is 0 Å². The lowest BCUT2D eigenvalue weighted by Crippen LogP contribution is -2.49. The summed E-state index contributed by atoms with van der Waals surface area (Å²) in [4.78, 5) is 46.3. The molecule has 43 heavy (non-hydrogen) atoms. The molecule has 1 saturated heterocycles. The van der Waals surface area contributed by atoms with Crippen LogP contribution in [0.1, 0.15) is 43.4 Å². The fraction of sp³-hybridized carbons (Fsp3) is 0.171. The number of carbonyl (C=O) groups excluding carboxylic acids is 3. The van der Waals surface area contributed by atoms with E-state index in [9.17, 15) is 9.59 Å². The van der Waals surface area contributed by atoms with Crippen molar-refractivity contribution >= 4 is 40.8 Å². The van der Waals surface area contributed by atoms with Crippen molar-refractivity contribution in [3.63, 3.8) is 0 Å². The van der Waals surface area contributed by atoms with Gasteiger partial charge in [0.25, 0.3) is 0 Å². The fourth-order valence-electron chi connectivity index (χ4n) is 7.13. The fourth-order valence-corrected chi connectivity index (χ4v) is 7.25. The van der Waals surface area contributed by atoms with Crippen LogP contribution in [-0.4, -0.2) is 42.6 Å². The Morgan fingerprint density at radius 3 is 2.40 bits per heavy atom. The summed E-state index contributed by atoms with van der Waals surface area (Å²) in [6.45, 7) is 0. The second-order valence-electron chi connectivity index (χ2n) is 10.9. The van der Waals surface area contributed by atoms with Crippen molar-refractivity contribution in [2.24, 2.45) is 5.92 Å². The van der Waals surface area contributed by atoms with Crippen LogP contribution in [0.25, 0.3) is 6.08 Å². The summed E-state index contributed by atoms with van der Waals surface area (Å²) in [5, 5.41) is 3.55. The molecule has 0 unspecified atom stereocenters. The van der Waals surface area contributed by atoms with Gasteiger partial charge in [0.15, 0.2) is 11.6 Å². The van der Waals surface area contributed by atoms with E-state index in [1.54, 1.807) is 42.5 Å². The van der Waals surface area contributed by atoms with E-state index >= 15 is 4.79 Å². The predicted octanol–water partition coefficient (Wildman–Crippen LogP) is 6.34. The largest absolute Gasteiger partial charge is 0.497 e. The number of fused-ring (bicyclic) bond motifs is 6. The number of methoxy groups -OCH3 is 2. The molecule has 1 N–H and O–H groups in total. The number of para-hydroxylation sites is 1. The molecule has 0 aromatic heterocycles. The summed E-state index contributed by atoms with van der Waals surface area (Å²) >= 11 is 6.17. The number of ketones is 2. The Kier molecular flexibility index (Phi) is 6.36. The smallest absolute Gasteiger partial charge is 0.238 e. The highest BCUT2D eigenvalue weighted by molar-refractivity contribution is 6.30. The van der Waals surface area contributed by atoms with Crippen molar-refractivity contribution in [3.05, 3.63) is 130 Å². The van der Waals surface area contributed by atoms with E-state index in [1.807, 2.05) is 65.7 Å². The Bertz CT molecular complexity index is 1830. The Balaban J connectivity index is 1.55. The van der Waals surface area contributed by atoms with E-state index < -0.39 is 29.2 Å². The monoisotopic (exact) mass is 590 g/mol. The van der Waals surface area contributed by atoms with Crippen LogP contribution >= 0.6 is 11.6 Å². The molecule has 3 aliphatic rings. The number of benzene rings is 4. The van der Waals surface area contributed by atoms with Gasteiger partial charge >= 0.3 is 0 Å². The maximum absolute atomic E-state index is 15.1. The Hall–Kier alpha value is -4.88. The zero-order valence-corrected chi connectivity index (χ0v) is 24.2. The van der Waals surface area contributed by atoms with Gasteiger partial charge in [0.2, 0.25) is 5.91 Å². The lowest BCUT2D eigenvalue weighted by Gasteiger charge is -2.38. The summed E-state index contributed by atoms with van der Waals surface area (Å²) in [5.41, 5.74) is 2.24. The summed E-state index contributed by atoms with van der Waals surface area (Å²) in [6, 6.07) is 25.1. The van der Waals surface area contributed by atoms with E-state index in [-0.39, 0.29) is 17.3 Å². The van der Waals surface area contributed by atoms with E-state index in [0.717, 1.165) is 11.1 Å². The normalized spacial score (nSPS) is 22.9. The molecule has 0 radical (unpaired) electrons. The first-order valence-corrected chi connectivity index (χ1v) is 14.3. The molecule has 214 valence electrons. The first-order chi connectivity index (χ1) is 20.9. The Morgan fingerprint density at radius 2 is 1.63 bits per heavy atom. The molecule has 4 atom stereocenters. The lowest BCUT2D eigenvalue weighted by atomic mass is 9.62. The summed E-state index contributed by atoms with van der Waals surface area (Å²) in [7, 11) is 3.00. The van der Waals surface area contributed by atoms with Crippen molar-refractivity contribution < 1.29 is 23.9 Å². The number of hydrogen-bond acceptors (Lipinski definition) is 6. The van der Waals surface area contributed by atoms with E-state index in [4.69, 9.17) is 21.1 Å². The second-order valence-corrected chi connectivity index (χ2v) is 11.3. The average Bonchev–Trinajstić information content (AvgIpc) is 3.52. The minimum absolute atomic E-state index is 0.231. The number of carbonyl (C=O) groups is 3. The molecular weight excluding hydrogens is 564 g/mol. The maximum atomic E-state index is 15.1. The molecule has 7 rings (SSSR count). The molecule has 1 spiro atoms. The summed E-state index contributed by atoms with van der Waals surface area (Å²) in [6.07, 6.45) is 3.77. The quantitative estimate of drug-likeness (QED) is 0.264. The number of rotatable bonds is 6. The third-order valence-electron chi connectivity index (χ3n) is 8.92. The zero-order chi connectivity index (χ0) is 29.9. The van der Waals surface area contributed by atoms with Crippen molar-refractivity contribution in [3.8, 4) is 11.5 Å². The number of amides is 1. The van der Waals surface area contributed by atoms with E-state index in [2.05, 4.69) is 5.32 Å². The van der Waals surface area contributed by atoms with Crippen molar-refractivity contribution in [2.45, 2.75) is 17.5 Å². The van der Waals surface area contributed by atoms with Crippen LogP contribution in [0.15, 0.2) is 97.2 Å². The van der Waals surface area contributed by atoms with E-state index in [0.29, 0.717) is 33.3 Å². The molecule has 7 nitrogen and oxygen atoms in total. The third-order valence-corrected chi connectivity index (χ3v) is 9.17. The van der Waals surface area contributed by atoms with Gasteiger partial charge in [-0.15, -0.1) is 0 Å². The zero-order valence-electron chi connectivity index (χ0n) is 23.4. The molecule has 4 aromatic rings. The Morgan fingerprint density at radius 1 is 0.884 bits per heavy atom. The van der Waals surface area contributed by atoms with Gasteiger partial charge in [0.1, 0.15) is 23.0 Å². The minimum atomic E-state index is -1.45.